The maximum Gasteiger partial charge on any atom is 0.0880 e. The summed E-state index contributed by atoms with van der Waals surface area (Å²) in [4.78, 5) is 0. The van der Waals surface area contributed by atoms with Crippen LogP contribution >= 0.6 is 0 Å². The fraction of sp³-hybridized carbons (Fsp3) is 1.00. The first kappa shape index (κ1) is 8.52. The van der Waals surface area contributed by atoms with Crippen LogP contribution in [-0.4, -0.2) is 21.9 Å². The Labute approximate surface area is 73.6 Å². The lowest BCUT2D eigenvalue weighted by molar-refractivity contribution is -0.0892. The topological polar surface area (TPSA) is 40.5 Å². The molecule has 2 N–H and O–H groups in total. The average molecular weight is 170 g/mol. The summed E-state index contributed by atoms with van der Waals surface area (Å²) in [6.45, 7) is 6.22. The molecule has 12 heavy (non-hydrogen) atoms. The quantitative estimate of drug-likeness (QED) is 0.573. The van der Waals surface area contributed by atoms with E-state index in [1.54, 1.807) is 6.92 Å². The molecule has 0 aromatic heterocycles. The largest absolute Gasteiger partial charge is 0.390 e. The van der Waals surface area contributed by atoms with Crippen molar-refractivity contribution in [2.75, 3.05) is 0 Å². The van der Waals surface area contributed by atoms with E-state index in [2.05, 4.69) is 13.8 Å². The van der Waals surface area contributed by atoms with E-state index >= 15 is 0 Å². The molecular formula is C10H18O2. The minimum absolute atomic E-state index is 0.363. The number of hydrogen-bond acceptors (Lipinski definition) is 2. The summed E-state index contributed by atoms with van der Waals surface area (Å²) in [5, 5.41) is 19.4. The normalized spacial score (nSPS) is 56.2. The molecule has 0 spiro atoms. The van der Waals surface area contributed by atoms with Crippen molar-refractivity contribution in [3.8, 4) is 0 Å². The van der Waals surface area contributed by atoms with Gasteiger partial charge < -0.3 is 10.2 Å². The van der Waals surface area contributed by atoms with E-state index in [0.29, 0.717) is 17.3 Å². The molecule has 0 radical (unpaired) electrons. The van der Waals surface area contributed by atoms with Crippen LogP contribution in [0, 0.1) is 17.3 Å². The number of rotatable bonds is 0. The standard InChI is InChI=1S/C10H18O2/c1-9(2)6-4-8(11)10(3,12)5-7(6)9/h6-8,11-12H,4-5H2,1-3H3. The van der Waals surface area contributed by atoms with Gasteiger partial charge in [0.2, 0.25) is 0 Å². The second-order valence-electron chi connectivity index (χ2n) is 5.35. The molecule has 2 aliphatic rings. The van der Waals surface area contributed by atoms with Crippen LogP contribution < -0.4 is 0 Å². The molecule has 4 atom stereocenters. The van der Waals surface area contributed by atoms with Gasteiger partial charge in [0.15, 0.2) is 0 Å². The molecular weight excluding hydrogens is 152 g/mol. The molecule has 0 saturated heterocycles. The zero-order valence-electron chi connectivity index (χ0n) is 8.04. The van der Waals surface area contributed by atoms with Crippen molar-refractivity contribution in [1.29, 1.82) is 0 Å². The van der Waals surface area contributed by atoms with E-state index in [-0.39, 0.29) is 0 Å². The van der Waals surface area contributed by atoms with E-state index in [1.807, 2.05) is 0 Å². The Morgan fingerprint density at radius 3 is 2.25 bits per heavy atom. The minimum atomic E-state index is -0.838. The Hall–Kier alpha value is -0.0800. The van der Waals surface area contributed by atoms with E-state index in [4.69, 9.17) is 0 Å². The van der Waals surface area contributed by atoms with Gasteiger partial charge in [-0.25, -0.2) is 0 Å². The summed E-state index contributed by atoms with van der Waals surface area (Å²) in [6.07, 6.45) is 1.04. The highest BCUT2D eigenvalue weighted by atomic mass is 16.3. The number of aliphatic hydroxyl groups excluding tert-OH is 1. The lowest BCUT2D eigenvalue weighted by Crippen LogP contribution is -2.42. The van der Waals surface area contributed by atoms with Gasteiger partial charge in [0.1, 0.15) is 0 Å². The lowest BCUT2D eigenvalue weighted by atomic mass is 9.84. The molecule has 2 saturated carbocycles. The molecule has 0 aliphatic heterocycles. The summed E-state index contributed by atoms with van der Waals surface area (Å²) in [7, 11) is 0. The number of fused-ring (bicyclic) bond motifs is 1. The van der Waals surface area contributed by atoms with E-state index in [1.165, 1.54) is 0 Å². The molecule has 4 unspecified atom stereocenters. The van der Waals surface area contributed by atoms with Crippen molar-refractivity contribution < 1.29 is 10.2 Å². The molecule has 0 amide bonds. The first-order valence-electron chi connectivity index (χ1n) is 4.76. The van der Waals surface area contributed by atoms with Crippen molar-refractivity contribution in [3.05, 3.63) is 0 Å². The average Bonchev–Trinajstić information content (AvgIpc) is 2.37. The zero-order valence-corrected chi connectivity index (χ0v) is 8.04. The number of hydrogen-bond donors (Lipinski definition) is 2. The van der Waals surface area contributed by atoms with Gasteiger partial charge in [-0.2, -0.15) is 0 Å². The van der Waals surface area contributed by atoms with Crippen LogP contribution in [0.5, 0.6) is 0 Å². The van der Waals surface area contributed by atoms with E-state index < -0.39 is 11.7 Å². The summed E-state index contributed by atoms with van der Waals surface area (Å²) >= 11 is 0. The molecule has 70 valence electrons. The summed E-state index contributed by atoms with van der Waals surface area (Å²) in [6, 6.07) is 0. The van der Waals surface area contributed by atoms with Gasteiger partial charge in [0.05, 0.1) is 11.7 Å². The third kappa shape index (κ3) is 0.944. The molecule has 0 aromatic rings. The van der Waals surface area contributed by atoms with Gasteiger partial charge in [-0.3, -0.25) is 0 Å². The van der Waals surface area contributed by atoms with Gasteiger partial charge >= 0.3 is 0 Å². The highest BCUT2D eigenvalue weighted by Crippen LogP contribution is 2.66. The molecule has 2 nitrogen and oxygen atoms in total. The Kier molecular flexibility index (Phi) is 1.45. The van der Waals surface area contributed by atoms with Crippen LogP contribution in [0.25, 0.3) is 0 Å². The summed E-state index contributed by atoms with van der Waals surface area (Å²) in [5.41, 5.74) is -0.476. The van der Waals surface area contributed by atoms with Gasteiger partial charge in [0, 0.05) is 0 Å². The second kappa shape index (κ2) is 2.05. The predicted octanol–water partition coefficient (Wildman–Crippen LogP) is 1.16. The van der Waals surface area contributed by atoms with Crippen molar-refractivity contribution >= 4 is 0 Å². The molecule has 2 fully saturated rings. The first-order chi connectivity index (χ1) is 5.36. The summed E-state index contributed by atoms with van der Waals surface area (Å²) in [5.74, 6) is 1.28. The smallest absolute Gasteiger partial charge is 0.0880 e. The molecule has 2 heteroatoms. The molecule has 0 aromatic carbocycles. The maximum absolute atomic E-state index is 9.82. The van der Waals surface area contributed by atoms with Crippen LogP contribution in [0.3, 0.4) is 0 Å². The lowest BCUT2D eigenvalue weighted by Gasteiger charge is -2.32. The van der Waals surface area contributed by atoms with Crippen LogP contribution in [0.2, 0.25) is 0 Å². The third-order valence-electron chi connectivity index (χ3n) is 4.12. The van der Waals surface area contributed by atoms with Crippen molar-refractivity contribution in [3.63, 3.8) is 0 Å². The molecule has 2 rings (SSSR count). The van der Waals surface area contributed by atoms with Gasteiger partial charge in [0.25, 0.3) is 0 Å². The Morgan fingerprint density at radius 2 is 1.75 bits per heavy atom. The SMILES string of the molecule is CC1(O)CC2C(CC1O)C2(C)C. The van der Waals surface area contributed by atoms with Crippen molar-refractivity contribution in [1.82, 2.24) is 0 Å². The fourth-order valence-corrected chi connectivity index (χ4v) is 2.81. The Bertz CT molecular complexity index is 208. The minimum Gasteiger partial charge on any atom is -0.390 e. The fourth-order valence-electron chi connectivity index (χ4n) is 2.81. The monoisotopic (exact) mass is 170 g/mol. The number of aliphatic hydroxyl groups is 2. The Morgan fingerprint density at radius 1 is 1.17 bits per heavy atom. The molecule has 0 bridgehead atoms. The van der Waals surface area contributed by atoms with Crippen LogP contribution in [0.4, 0.5) is 0 Å². The third-order valence-corrected chi connectivity index (χ3v) is 4.12. The first-order valence-corrected chi connectivity index (χ1v) is 4.76. The van der Waals surface area contributed by atoms with Gasteiger partial charge in [-0.05, 0) is 37.0 Å². The van der Waals surface area contributed by atoms with Crippen LogP contribution in [0.1, 0.15) is 33.6 Å². The Balaban J connectivity index is 2.14. The van der Waals surface area contributed by atoms with Gasteiger partial charge in [-0.15, -0.1) is 0 Å². The van der Waals surface area contributed by atoms with E-state index in [9.17, 15) is 10.2 Å². The second-order valence-corrected chi connectivity index (χ2v) is 5.35. The van der Waals surface area contributed by atoms with Gasteiger partial charge in [-0.1, -0.05) is 13.8 Å². The van der Waals surface area contributed by atoms with Crippen LogP contribution in [0.15, 0.2) is 0 Å². The maximum atomic E-state index is 9.82. The summed E-state index contributed by atoms with van der Waals surface area (Å²) < 4.78 is 0. The predicted molar refractivity (Wildman–Crippen MR) is 46.6 cm³/mol. The molecule has 2 aliphatic carbocycles. The highest BCUT2D eigenvalue weighted by Gasteiger charge is 2.63. The van der Waals surface area contributed by atoms with Crippen LogP contribution in [-0.2, 0) is 0 Å². The highest BCUT2D eigenvalue weighted by molar-refractivity contribution is 5.12. The van der Waals surface area contributed by atoms with E-state index in [0.717, 1.165) is 12.8 Å². The van der Waals surface area contributed by atoms with Crippen molar-refractivity contribution in [2.24, 2.45) is 17.3 Å². The zero-order chi connectivity index (χ0) is 9.15. The molecule has 0 heterocycles. The van der Waals surface area contributed by atoms with Crippen molar-refractivity contribution in [2.45, 2.75) is 45.3 Å².